The van der Waals surface area contributed by atoms with Crippen molar-refractivity contribution in [3.8, 4) is 0 Å². The highest BCUT2D eigenvalue weighted by molar-refractivity contribution is 6.31. The summed E-state index contributed by atoms with van der Waals surface area (Å²) >= 11 is 6.25. The maximum Gasteiger partial charge on any atom is 0.221 e. The van der Waals surface area contributed by atoms with E-state index in [0.29, 0.717) is 0 Å². The first-order chi connectivity index (χ1) is 11.1. The molecule has 3 aromatic rings. The van der Waals surface area contributed by atoms with Crippen LogP contribution in [0, 0.1) is 0 Å². The molecule has 2 atom stereocenters. The predicted molar refractivity (Wildman–Crippen MR) is 93.9 cm³/mol. The summed E-state index contributed by atoms with van der Waals surface area (Å²) in [6.07, 6.45) is 1.80. The van der Waals surface area contributed by atoms with E-state index in [4.69, 9.17) is 11.6 Å². The van der Waals surface area contributed by atoms with Crippen molar-refractivity contribution in [2.45, 2.75) is 25.9 Å². The lowest BCUT2D eigenvalue weighted by atomic mass is 10.0. The molecular formula is C19H20ClN2O+. The monoisotopic (exact) mass is 327 g/mol. The summed E-state index contributed by atoms with van der Waals surface area (Å²) in [7, 11) is 0. The Hall–Kier alpha value is -2.10. The normalized spacial score (nSPS) is 13.9. The second-order valence-corrected chi connectivity index (χ2v) is 6.31. The number of halogens is 1. The Balaban J connectivity index is 1.79. The standard InChI is InChI=1S/C19H19ClN2O/c1-12(14-7-3-5-9-17(14)20)22-13(2)19(23)16-11-21-18-10-6-4-8-15(16)18/h3-13,21-22H,1-2H3/p+1/t12-,13+/m1/s1. The Kier molecular flexibility index (Phi) is 4.51. The molecule has 0 saturated heterocycles. The van der Waals surface area contributed by atoms with Gasteiger partial charge in [0.2, 0.25) is 5.78 Å². The van der Waals surface area contributed by atoms with Gasteiger partial charge in [-0.3, -0.25) is 4.79 Å². The molecule has 118 valence electrons. The zero-order valence-electron chi connectivity index (χ0n) is 13.2. The molecule has 1 aromatic heterocycles. The number of para-hydroxylation sites is 1. The molecule has 4 heteroatoms. The Morgan fingerprint density at radius 1 is 1.09 bits per heavy atom. The smallest absolute Gasteiger partial charge is 0.221 e. The number of hydrogen-bond acceptors (Lipinski definition) is 1. The van der Waals surface area contributed by atoms with E-state index in [1.165, 1.54) is 0 Å². The van der Waals surface area contributed by atoms with E-state index in [1.54, 1.807) is 6.20 Å². The molecule has 3 rings (SSSR count). The number of carbonyl (C=O) groups is 1. The van der Waals surface area contributed by atoms with Gasteiger partial charge in [-0.2, -0.15) is 0 Å². The lowest BCUT2D eigenvalue weighted by Gasteiger charge is -2.17. The molecule has 3 nitrogen and oxygen atoms in total. The van der Waals surface area contributed by atoms with Crippen LogP contribution in [0.2, 0.25) is 5.02 Å². The topological polar surface area (TPSA) is 49.5 Å². The average Bonchev–Trinajstić information content (AvgIpc) is 2.98. The number of nitrogens with one attached hydrogen (secondary N) is 1. The number of Topliss-reactive ketones (excluding diaryl/α,β-unsaturated/α-hetero) is 1. The van der Waals surface area contributed by atoms with E-state index < -0.39 is 0 Å². The summed E-state index contributed by atoms with van der Waals surface area (Å²) in [5.74, 6) is 0.126. The van der Waals surface area contributed by atoms with E-state index in [1.807, 2.05) is 55.5 Å². The zero-order valence-corrected chi connectivity index (χ0v) is 14.0. The molecule has 0 aliphatic heterocycles. The predicted octanol–water partition coefficient (Wildman–Crippen LogP) is 3.72. The number of rotatable bonds is 5. The van der Waals surface area contributed by atoms with Crippen molar-refractivity contribution >= 4 is 28.3 Å². The van der Waals surface area contributed by atoms with Crippen LogP contribution in [-0.2, 0) is 0 Å². The molecule has 0 aliphatic rings. The molecule has 0 saturated carbocycles. The van der Waals surface area contributed by atoms with Gasteiger partial charge < -0.3 is 10.3 Å². The number of H-pyrrole nitrogens is 1. The third kappa shape index (κ3) is 3.16. The number of hydrogen-bond donors (Lipinski definition) is 2. The summed E-state index contributed by atoms with van der Waals surface area (Å²) in [5, 5.41) is 3.77. The Morgan fingerprint density at radius 2 is 1.78 bits per heavy atom. The van der Waals surface area contributed by atoms with Gasteiger partial charge in [0.25, 0.3) is 0 Å². The Morgan fingerprint density at radius 3 is 2.57 bits per heavy atom. The van der Waals surface area contributed by atoms with E-state index in [9.17, 15) is 4.79 Å². The van der Waals surface area contributed by atoms with Gasteiger partial charge in [-0.15, -0.1) is 0 Å². The van der Waals surface area contributed by atoms with Gasteiger partial charge in [0.1, 0.15) is 12.1 Å². The van der Waals surface area contributed by atoms with Crippen molar-refractivity contribution in [2.75, 3.05) is 0 Å². The number of benzene rings is 2. The first-order valence-electron chi connectivity index (χ1n) is 7.77. The molecule has 2 aromatic carbocycles. The van der Waals surface area contributed by atoms with Crippen LogP contribution in [0.1, 0.15) is 35.8 Å². The van der Waals surface area contributed by atoms with Crippen molar-refractivity contribution in [2.24, 2.45) is 0 Å². The maximum atomic E-state index is 12.8. The molecule has 0 spiro atoms. The highest BCUT2D eigenvalue weighted by Crippen LogP contribution is 2.21. The van der Waals surface area contributed by atoms with Gasteiger partial charge in [0.15, 0.2) is 0 Å². The molecular weight excluding hydrogens is 308 g/mol. The van der Waals surface area contributed by atoms with Crippen molar-refractivity contribution in [3.05, 3.63) is 70.9 Å². The number of aromatic amines is 1. The minimum atomic E-state index is -0.180. The van der Waals surface area contributed by atoms with Crippen molar-refractivity contribution in [1.82, 2.24) is 4.98 Å². The summed E-state index contributed by atoms with van der Waals surface area (Å²) in [4.78, 5) is 15.9. The first-order valence-corrected chi connectivity index (χ1v) is 8.15. The molecule has 3 N–H and O–H groups in total. The minimum absolute atomic E-state index is 0.118. The molecule has 0 radical (unpaired) electrons. The molecule has 0 fully saturated rings. The van der Waals surface area contributed by atoms with Crippen LogP contribution >= 0.6 is 11.6 Å². The molecule has 0 bridgehead atoms. The fourth-order valence-electron chi connectivity index (χ4n) is 2.99. The Bertz CT molecular complexity index is 840. The van der Waals surface area contributed by atoms with Crippen molar-refractivity contribution in [3.63, 3.8) is 0 Å². The lowest BCUT2D eigenvalue weighted by molar-refractivity contribution is -0.709. The van der Waals surface area contributed by atoms with Crippen LogP contribution < -0.4 is 5.32 Å². The van der Waals surface area contributed by atoms with Gasteiger partial charge >= 0.3 is 0 Å². The number of carbonyl (C=O) groups excluding carboxylic acids is 1. The number of nitrogens with two attached hydrogens (primary N) is 1. The molecule has 23 heavy (non-hydrogen) atoms. The lowest BCUT2D eigenvalue weighted by Crippen LogP contribution is -2.91. The van der Waals surface area contributed by atoms with Gasteiger partial charge in [-0.05, 0) is 26.0 Å². The third-order valence-corrected chi connectivity index (χ3v) is 4.59. The molecule has 0 aliphatic carbocycles. The zero-order chi connectivity index (χ0) is 16.4. The summed E-state index contributed by atoms with van der Waals surface area (Å²) < 4.78 is 0. The van der Waals surface area contributed by atoms with Crippen molar-refractivity contribution < 1.29 is 10.1 Å². The fraction of sp³-hybridized carbons (Fsp3) is 0.211. The first kappa shape index (κ1) is 15.8. The molecule has 1 heterocycles. The molecule has 0 amide bonds. The van der Waals surface area contributed by atoms with E-state index in [0.717, 1.165) is 27.1 Å². The number of ketones is 1. The highest BCUT2D eigenvalue weighted by Gasteiger charge is 2.24. The number of quaternary nitrogens is 1. The van der Waals surface area contributed by atoms with Crippen LogP contribution in [0.25, 0.3) is 10.9 Å². The van der Waals surface area contributed by atoms with Gasteiger partial charge in [-0.25, -0.2) is 0 Å². The van der Waals surface area contributed by atoms with Gasteiger partial charge in [0, 0.05) is 33.2 Å². The quantitative estimate of drug-likeness (QED) is 0.689. The van der Waals surface area contributed by atoms with Crippen LogP contribution in [0.15, 0.2) is 54.7 Å². The van der Waals surface area contributed by atoms with Crippen LogP contribution in [0.4, 0.5) is 0 Å². The van der Waals surface area contributed by atoms with E-state index in [-0.39, 0.29) is 17.9 Å². The summed E-state index contributed by atoms with van der Waals surface area (Å²) in [6.45, 7) is 4.01. The van der Waals surface area contributed by atoms with Gasteiger partial charge in [0.05, 0.1) is 0 Å². The third-order valence-electron chi connectivity index (χ3n) is 4.24. The van der Waals surface area contributed by atoms with Gasteiger partial charge in [-0.1, -0.05) is 48.0 Å². The summed E-state index contributed by atoms with van der Waals surface area (Å²) in [6, 6.07) is 15.6. The van der Waals surface area contributed by atoms with E-state index >= 15 is 0 Å². The largest absolute Gasteiger partial charge is 0.360 e. The van der Waals surface area contributed by atoms with Crippen LogP contribution in [-0.4, -0.2) is 16.8 Å². The molecule has 0 unspecified atom stereocenters. The fourth-order valence-corrected chi connectivity index (χ4v) is 3.30. The average molecular weight is 328 g/mol. The maximum absolute atomic E-state index is 12.8. The number of fused-ring (bicyclic) bond motifs is 1. The van der Waals surface area contributed by atoms with Crippen molar-refractivity contribution in [1.29, 1.82) is 0 Å². The van der Waals surface area contributed by atoms with Crippen LogP contribution in [0.5, 0.6) is 0 Å². The summed E-state index contributed by atoms with van der Waals surface area (Å²) in [5.41, 5.74) is 2.78. The van der Waals surface area contributed by atoms with E-state index in [2.05, 4.69) is 17.2 Å². The minimum Gasteiger partial charge on any atom is -0.360 e. The SMILES string of the molecule is C[C@H]([NH2+][C@H](C)c1ccccc1Cl)C(=O)c1c[nH]c2ccccc12. The highest BCUT2D eigenvalue weighted by atomic mass is 35.5. The van der Waals surface area contributed by atoms with Crippen LogP contribution in [0.3, 0.4) is 0 Å². The second kappa shape index (κ2) is 6.57. The Labute approximate surface area is 140 Å². The second-order valence-electron chi connectivity index (χ2n) is 5.90. The number of aromatic nitrogens is 1.